The van der Waals surface area contributed by atoms with E-state index in [-0.39, 0.29) is 11.3 Å². The third-order valence-corrected chi connectivity index (χ3v) is 2.47. The molecule has 0 spiro atoms. The molecule has 0 bridgehead atoms. The molecular formula is C9H10N2O3S. The number of allylic oxidation sites excluding steroid dienone is 3. The first-order valence-electron chi connectivity index (χ1n) is 4.22. The van der Waals surface area contributed by atoms with E-state index in [1.807, 2.05) is 0 Å². The zero-order valence-corrected chi connectivity index (χ0v) is 9.21. The van der Waals surface area contributed by atoms with E-state index in [1.54, 1.807) is 19.0 Å². The number of carbonyl (C=O) groups excluding carboxylic acids is 1. The summed E-state index contributed by atoms with van der Waals surface area (Å²) in [6, 6.07) is 0. The van der Waals surface area contributed by atoms with Gasteiger partial charge < -0.3 is 4.90 Å². The van der Waals surface area contributed by atoms with Crippen molar-refractivity contribution >= 4 is 23.4 Å². The molecule has 1 aliphatic rings. The van der Waals surface area contributed by atoms with Crippen LogP contribution >= 0.6 is 12.2 Å². The predicted molar refractivity (Wildman–Crippen MR) is 59.1 cm³/mol. The number of nitrogens with zero attached hydrogens (tertiary/aromatic N) is 2. The van der Waals surface area contributed by atoms with E-state index in [0.29, 0.717) is 17.6 Å². The van der Waals surface area contributed by atoms with Crippen LogP contribution in [0.15, 0.2) is 23.0 Å². The van der Waals surface area contributed by atoms with E-state index in [9.17, 15) is 14.9 Å². The van der Waals surface area contributed by atoms with Crippen LogP contribution in [0.2, 0.25) is 0 Å². The molecule has 0 aromatic heterocycles. The summed E-state index contributed by atoms with van der Waals surface area (Å²) in [5.74, 6) is 0. The van der Waals surface area contributed by atoms with Gasteiger partial charge in [0.25, 0.3) is 5.70 Å². The molecule has 5 nitrogen and oxygen atoms in total. The Balaban J connectivity index is 3.27. The van der Waals surface area contributed by atoms with Crippen LogP contribution in [0.5, 0.6) is 0 Å². The van der Waals surface area contributed by atoms with Crippen LogP contribution in [0.4, 0.5) is 0 Å². The fourth-order valence-corrected chi connectivity index (χ4v) is 1.55. The van der Waals surface area contributed by atoms with Gasteiger partial charge in [0.1, 0.15) is 5.57 Å². The highest BCUT2D eigenvalue weighted by atomic mass is 32.1. The molecular weight excluding hydrogens is 216 g/mol. The highest BCUT2D eigenvalue weighted by Crippen LogP contribution is 2.22. The number of hydrogen-bond donors (Lipinski definition) is 0. The van der Waals surface area contributed by atoms with Gasteiger partial charge in [-0.05, 0) is 0 Å². The van der Waals surface area contributed by atoms with Gasteiger partial charge in [-0.2, -0.15) is 0 Å². The Morgan fingerprint density at radius 2 is 2.20 bits per heavy atom. The van der Waals surface area contributed by atoms with Crippen molar-refractivity contribution in [3.63, 3.8) is 0 Å². The van der Waals surface area contributed by atoms with Crippen LogP contribution in [0, 0.1) is 10.1 Å². The van der Waals surface area contributed by atoms with Gasteiger partial charge in [-0.3, -0.25) is 14.9 Å². The third kappa shape index (κ3) is 2.27. The molecule has 0 N–H and O–H groups in total. The van der Waals surface area contributed by atoms with Gasteiger partial charge in [-0.25, -0.2) is 0 Å². The Hall–Kier alpha value is -1.56. The third-order valence-electron chi connectivity index (χ3n) is 2.11. The van der Waals surface area contributed by atoms with E-state index in [0.717, 1.165) is 5.70 Å². The highest BCUT2D eigenvalue weighted by molar-refractivity contribution is 7.81. The molecule has 0 heterocycles. The van der Waals surface area contributed by atoms with Crippen LogP contribution in [-0.2, 0) is 4.79 Å². The van der Waals surface area contributed by atoms with E-state index in [1.165, 1.54) is 6.08 Å². The molecule has 1 aliphatic carbocycles. The molecule has 6 heteroatoms. The van der Waals surface area contributed by atoms with Crippen LogP contribution in [0.25, 0.3) is 0 Å². The van der Waals surface area contributed by atoms with Crippen molar-refractivity contribution in [3.8, 4) is 0 Å². The zero-order chi connectivity index (χ0) is 11.6. The Labute approximate surface area is 92.2 Å². The minimum absolute atomic E-state index is 0.0144. The molecule has 1 rings (SSSR count). The van der Waals surface area contributed by atoms with Crippen LogP contribution in [0.1, 0.15) is 6.42 Å². The first kappa shape index (κ1) is 11.5. The lowest BCUT2D eigenvalue weighted by atomic mass is 10.0. The van der Waals surface area contributed by atoms with E-state index < -0.39 is 4.92 Å². The molecule has 0 atom stereocenters. The average molecular weight is 226 g/mol. The average Bonchev–Trinajstić information content (AvgIpc) is 2.16. The number of aldehydes is 1. The SMILES string of the molecule is CN(C)C1=CC([N+](=O)[O-])=C(C=O)C(=S)C1. The van der Waals surface area contributed by atoms with Crippen LogP contribution in [-0.4, -0.2) is 35.1 Å². The summed E-state index contributed by atoms with van der Waals surface area (Å²) in [5.41, 5.74) is 0.530. The minimum atomic E-state index is -0.585. The second kappa shape index (κ2) is 4.31. The van der Waals surface area contributed by atoms with E-state index >= 15 is 0 Å². The Bertz CT molecular complexity index is 396. The van der Waals surface area contributed by atoms with Gasteiger partial charge in [-0.1, -0.05) is 12.2 Å². The van der Waals surface area contributed by atoms with Gasteiger partial charge in [-0.15, -0.1) is 0 Å². The first-order valence-corrected chi connectivity index (χ1v) is 4.63. The normalized spacial score (nSPS) is 16.1. The fourth-order valence-electron chi connectivity index (χ4n) is 1.25. The quantitative estimate of drug-likeness (QED) is 0.310. The van der Waals surface area contributed by atoms with Gasteiger partial charge in [0.15, 0.2) is 6.29 Å². The van der Waals surface area contributed by atoms with Crippen LogP contribution < -0.4 is 0 Å². The predicted octanol–water partition coefficient (Wildman–Crippen LogP) is 0.935. The van der Waals surface area contributed by atoms with Crippen molar-refractivity contribution in [2.24, 2.45) is 0 Å². The zero-order valence-electron chi connectivity index (χ0n) is 8.39. The van der Waals surface area contributed by atoms with Crippen molar-refractivity contribution in [1.82, 2.24) is 4.90 Å². The maximum Gasteiger partial charge on any atom is 0.282 e. The van der Waals surface area contributed by atoms with Crippen molar-refractivity contribution in [2.45, 2.75) is 6.42 Å². The molecule has 0 fully saturated rings. The number of carbonyl (C=O) groups is 1. The van der Waals surface area contributed by atoms with Crippen molar-refractivity contribution < 1.29 is 9.72 Å². The molecule has 0 aliphatic heterocycles. The van der Waals surface area contributed by atoms with E-state index in [4.69, 9.17) is 12.2 Å². The minimum Gasteiger partial charge on any atom is -0.380 e. The van der Waals surface area contributed by atoms with Gasteiger partial charge in [0, 0.05) is 37.2 Å². The molecule has 0 saturated carbocycles. The Morgan fingerprint density at radius 3 is 2.60 bits per heavy atom. The Morgan fingerprint density at radius 1 is 1.60 bits per heavy atom. The summed E-state index contributed by atoms with van der Waals surface area (Å²) in [4.78, 5) is 22.9. The summed E-state index contributed by atoms with van der Waals surface area (Å²) >= 11 is 4.96. The lowest BCUT2D eigenvalue weighted by Gasteiger charge is -2.20. The second-order valence-electron chi connectivity index (χ2n) is 3.30. The fraction of sp³-hybridized carbons (Fsp3) is 0.333. The lowest BCUT2D eigenvalue weighted by molar-refractivity contribution is -0.419. The molecule has 15 heavy (non-hydrogen) atoms. The highest BCUT2D eigenvalue weighted by Gasteiger charge is 2.26. The largest absolute Gasteiger partial charge is 0.380 e. The molecule has 0 aromatic carbocycles. The summed E-state index contributed by atoms with van der Waals surface area (Å²) in [6.45, 7) is 0. The molecule has 0 unspecified atom stereocenters. The summed E-state index contributed by atoms with van der Waals surface area (Å²) < 4.78 is 0. The van der Waals surface area contributed by atoms with Crippen molar-refractivity contribution in [1.29, 1.82) is 0 Å². The molecule has 0 saturated heterocycles. The van der Waals surface area contributed by atoms with Gasteiger partial charge in [0.05, 0.1) is 4.92 Å². The first-order chi connectivity index (χ1) is 6.97. The monoisotopic (exact) mass is 226 g/mol. The van der Waals surface area contributed by atoms with Crippen molar-refractivity contribution in [2.75, 3.05) is 14.1 Å². The maximum absolute atomic E-state index is 10.7. The van der Waals surface area contributed by atoms with Crippen molar-refractivity contribution in [3.05, 3.63) is 33.2 Å². The summed E-state index contributed by atoms with van der Waals surface area (Å²) in [7, 11) is 3.55. The number of nitro groups is 1. The Kier molecular flexibility index (Phi) is 3.31. The maximum atomic E-state index is 10.7. The molecule has 0 aromatic rings. The summed E-state index contributed by atoms with van der Waals surface area (Å²) in [5, 5.41) is 10.7. The van der Waals surface area contributed by atoms with Gasteiger partial charge in [0.2, 0.25) is 0 Å². The smallest absolute Gasteiger partial charge is 0.282 e. The molecule has 0 radical (unpaired) electrons. The number of thiocarbonyl (C=S) groups is 1. The van der Waals surface area contributed by atoms with E-state index in [2.05, 4.69) is 0 Å². The molecule has 80 valence electrons. The van der Waals surface area contributed by atoms with Gasteiger partial charge >= 0.3 is 0 Å². The van der Waals surface area contributed by atoms with Crippen LogP contribution in [0.3, 0.4) is 0 Å². The standard InChI is InChI=1S/C9H10N2O3S/c1-10(2)6-3-8(11(13)14)7(5-12)9(15)4-6/h3,5H,4H2,1-2H3. The summed E-state index contributed by atoms with van der Waals surface area (Å²) in [6.07, 6.45) is 2.23. The molecule has 0 amide bonds. The number of rotatable bonds is 3. The number of hydrogen-bond acceptors (Lipinski definition) is 5. The second-order valence-corrected chi connectivity index (χ2v) is 3.80. The lowest BCUT2D eigenvalue weighted by Crippen LogP contribution is -2.22. The topological polar surface area (TPSA) is 63.4 Å².